The standard InChI is InChI=1S/C48H74O9/c1-9-17-21-34(13-5)30-54-45(50)40-26-25-38(29-42(40)47(52)56-32-36(15-7)23-19-11-3)39-27-28-41(46(51)55-31-35(14-6)22-18-10-2)44(49)43(39)48(53)57-33-37(16-8)24-20-12-4/h25-29,34-37,49H,9-24,30-33H2,1-8H3. The van der Waals surface area contributed by atoms with Crippen LogP contribution < -0.4 is 0 Å². The van der Waals surface area contributed by atoms with Crippen molar-refractivity contribution in [1.29, 1.82) is 0 Å². The van der Waals surface area contributed by atoms with Crippen LogP contribution in [0.1, 0.15) is 200 Å². The molecule has 320 valence electrons. The van der Waals surface area contributed by atoms with Gasteiger partial charge in [-0.3, -0.25) is 0 Å². The lowest BCUT2D eigenvalue weighted by atomic mass is 9.93. The summed E-state index contributed by atoms with van der Waals surface area (Å²) in [6.45, 7) is 17.5. The number of phenolic OH excluding ortho intramolecular Hbond substituents is 1. The van der Waals surface area contributed by atoms with Gasteiger partial charge in [0.2, 0.25) is 0 Å². The molecule has 0 fully saturated rings. The Labute approximate surface area is 344 Å². The molecule has 1 N–H and O–H groups in total. The second kappa shape index (κ2) is 27.7. The molecule has 0 aliphatic rings. The monoisotopic (exact) mass is 795 g/mol. The number of carbonyl (C=O) groups is 4. The zero-order chi connectivity index (χ0) is 42.2. The quantitative estimate of drug-likeness (QED) is 0.0632. The Hall–Kier alpha value is -3.88. The second-order valence-corrected chi connectivity index (χ2v) is 15.7. The topological polar surface area (TPSA) is 125 Å². The Morgan fingerprint density at radius 3 is 1.21 bits per heavy atom. The highest BCUT2D eigenvalue weighted by molar-refractivity contribution is 6.07. The van der Waals surface area contributed by atoms with Gasteiger partial charge in [-0.2, -0.15) is 0 Å². The minimum atomic E-state index is -0.798. The van der Waals surface area contributed by atoms with Crippen molar-refractivity contribution in [2.75, 3.05) is 26.4 Å². The SMILES string of the molecule is CCCCC(CC)COC(=O)c1ccc(-c2ccc(C(=O)OCC(CC)CCCC)c(O)c2C(=O)OCC(CC)CCCC)cc1C(=O)OCC(CC)CCCC. The molecule has 4 unspecified atom stereocenters. The van der Waals surface area contributed by atoms with Crippen LogP contribution in [0.5, 0.6) is 5.75 Å². The van der Waals surface area contributed by atoms with Gasteiger partial charge < -0.3 is 24.1 Å². The Bertz CT molecular complexity index is 1520. The molecular formula is C48H74O9. The number of hydrogen-bond acceptors (Lipinski definition) is 9. The molecule has 0 saturated carbocycles. The molecule has 0 amide bonds. The molecule has 57 heavy (non-hydrogen) atoms. The average molecular weight is 795 g/mol. The maximum absolute atomic E-state index is 14.0. The number of carbonyl (C=O) groups excluding carboxylic acids is 4. The average Bonchev–Trinajstić information content (AvgIpc) is 3.23. The third-order valence-electron chi connectivity index (χ3n) is 11.3. The van der Waals surface area contributed by atoms with Gasteiger partial charge in [-0.25, -0.2) is 19.2 Å². The molecule has 9 heteroatoms. The summed E-state index contributed by atoms with van der Waals surface area (Å²) in [5.41, 5.74) is 0.278. The number of benzene rings is 2. The van der Waals surface area contributed by atoms with E-state index in [0.29, 0.717) is 5.56 Å². The van der Waals surface area contributed by atoms with E-state index in [1.807, 2.05) is 6.92 Å². The van der Waals surface area contributed by atoms with Gasteiger partial charge in [-0.15, -0.1) is 0 Å². The molecule has 0 saturated heterocycles. The Morgan fingerprint density at radius 1 is 0.474 bits per heavy atom. The van der Waals surface area contributed by atoms with Crippen molar-refractivity contribution >= 4 is 23.9 Å². The third-order valence-corrected chi connectivity index (χ3v) is 11.3. The molecule has 0 spiro atoms. The van der Waals surface area contributed by atoms with E-state index in [1.165, 1.54) is 18.2 Å². The van der Waals surface area contributed by atoms with Crippen LogP contribution in [-0.4, -0.2) is 55.4 Å². The summed E-state index contributed by atoms with van der Waals surface area (Å²) < 4.78 is 23.2. The molecule has 9 nitrogen and oxygen atoms in total. The van der Waals surface area contributed by atoms with Crippen molar-refractivity contribution in [1.82, 2.24) is 0 Å². The summed E-state index contributed by atoms with van der Waals surface area (Å²) in [6, 6.07) is 7.59. The Morgan fingerprint density at radius 2 is 0.825 bits per heavy atom. The number of hydrogen-bond donors (Lipinski definition) is 1. The number of rotatable bonds is 29. The second-order valence-electron chi connectivity index (χ2n) is 15.7. The highest BCUT2D eigenvalue weighted by Gasteiger charge is 2.29. The first-order valence-corrected chi connectivity index (χ1v) is 22.2. The fourth-order valence-corrected chi connectivity index (χ4v) is 6.93. The van der Waals surface area contributed by atoms with Gasteiger partial charge >= 0.3 is 23.9 Å². The van der Waals surface area contributed by atoms with Crippen molar-refractivity contribution in [3.8, 4) is 16.9 Å². The van der Waals surface area contributed by atoms with Gasteiger partial charge in [0.1, 0.15) is 16.9 Å². The van der Waals surface area contributed by atoms with Crippen LogP contribution in [0.15, 0.2) is 30.3 Å². The maximum atomic E-state index is 14.0. The van der Waals surface area contributed by atoms with Gasteiger partial charge in [0.05, 0.1) is 37.6 Å². The van der Waals surface area contributed by atoms with E-state index in [2.05, 4.69) is 48.5 Å². The Balaban J connectivity index is 2.67. The highest BCUT2D eigenvalue weighted by Crippen LogP contribution is 2.36. The van der Waals surface area contributed by atoms with Gasteiger partial charge in [-0.1, -0.05) is 145 Å². The predicted octanol–water partition coefficient (Wildman–Crippen LogP) is 12.6. The molecule has 0 radical (unpaired) electrons. The van der Waals surface area contributed by atoms with Crippen molar-refractivity contribution in [3.63, 3.8) is 0 Å². The van der Waals surface area contributed by atoms with Crippen molar-refractivity contribution in [2.45, 2.75) is 158 Å². The minimum absolute atomic E-state index is 0.00459. The van der Waals surface area contributed by atoms with Crippen LogP contribution in [-0.2, 0) is 18.9 Å². The first-order chi connectivity index (χ1) is 27.5. The van der Waals surface area contributed by atoms with E-state index in [4.69, 9.17) is 18.9 Å². The van der Waals surface area contributed by atoms with Crippen LogP contribution >= 0.6 is 0 Å². The number of ether oxygens (including phenoxy) is 4. The fourth-order valence-electron chi connectivity index (χ4n) is 6.93. The molecule has 0 heterocycles. The van der Waals surface area contributed by atoms with Gasteiger partial charge in [0.15, 0.2) is 0 Å². The van der Waals surface area contributed by atoms with E-state index >= 15 is 0 Å². The van der Waals surface area contributed by atoms with Gasteiger partial charge in [0, 0.05) is 5.56 Å². The lowest BCUT2D eigenvalue weighted by molar-refractivity contribution is 0.0381. The van der Waals surface area contributed by atoms with Crippen molar-refractivity contribution in [3.05, 3.63) is 52.6 Å². The highest BCUT2D eigenvalue weighted by atomic mass is 16.5. The number of esters is 4. The summed E-state index contributed by atoms with van der Waals surface area (Å²) in [4.78, 5) is 55.0. The molecule has 0 aromatic heterocycles. The van der Waals surface area contributed by atoms with Gasteiger partial charge in [-0.05, 0) is 73.1 Å². The summed E-state index contributed by atoms with van der Waals surface area (Å²) in [6.07, 6.45) is 15.2. The molecule has 2 rings (SSSR count). The lowest BCUT2D eigenvalue weighted by Gasteiger charge is -2.19. The fraction of sp³-hybridized carbons (Fsp3) is 0.667. The van der Waals surface area contributed by atoms with E-state index in [0.717, 1.165) is 103 Å². The molecule has 4 atom stereocenters. The largest absolute Gasteiger partial charge is 0.506 e. The van der Waals surface area contributed by atoms with Crippen molar-refractivity contribution in [2.24, 2.45) is 23.7 Å². The Kier molecular flexibility index (Phi) is 23.9. The van der Waals surface area contributed by atoms with E-state index in [9.17, 15) is 24.3 Å². The van der Waals surface area contributed by atoms with Crippen LogP contribution in [0.4, 0.5) is 0 Å². The van der Waals surface area contributed by atoms with Gasteiger partial charge in [0.25, 0.3) is 0 Å². The minimum Gasteiger partial charge on any atom is -0.506 e. The van der Waals surface area contributed by atoms with Crippen LogP contribution in [0, 0.1) is 23.7 Å². The van der Waals surface area contributed by atoms with Crippen LogP contribution in [0.3, 0.4) is 0 Å². The third kappa shape index (κ3) is 16.1. The van der Waals surface area contributed by atoms with E-state index in [-0.39, 0.29) is 77.9 Å². The van der Waals surface area contributed by atoms with Crippen LogP contribution in [0.2, 0.25) is 0 Å². The number of unbranched alkanes of at least 4 members (excludes halogenated alkanes) is 4. The zero-order valence-corrected chi connectivity index (χ0v) is 36.6. The number of phenols is 1. The summed E-state index contributed by atoms with van der Waals surface area (Å²) in [7, 11) is 0. The first kappa shape index (κ1) is 49.3. The zero-order valence-electron chi connectivity index (χ0n) is 36.6. The molecule has 2 aromatic carbocycles. The van der Waals surface area contributed by atoms with Crippen molar-refractivity contribution < 1.29 is 43.2 Å². The molecular weight excluding hydrogens is 721 g/mol. The smallest absolute Gasteiger partial charge is 0.342 e. The molecule has 0 aliphatic heterocycles. The molecule has 0 bridgehead atoms. The van der Waals surface area contributed by atoms with E-state index in [1.54, 1.807) is 12.1 Å². The summed E-state index contributed by atoms with van der Waals surface area (Å²) in [5.74, 6) is -2.72. The maximum Gasteiger partial charge on any atom is 0.342 e. The van der Waals surface area contributed by atoms with E-state index < -0.39 is 29.6 Å². The van der Waals surface area contributed by atoms with Crippen LogP contribution in [0.25, 0.3) is 11.1 Å². The summed E-state index contributed by atoms with van der Waals surface area (Å²) in [5, 5.41) is 11.7. The lowest BCUT2D eigenvalue weighted by Crippen LogP contribution is -2.20. The molecule has 2 aromatic rings. The number of aromatic hydroxyl groups is 1. The molecule has 0 aliphatic carbocycles. The normalized spacial score (nSPS) is 13.3. The predicted molar refractivity (Wildman–Crippen MR) is 228 cm³/mol. The first-order valence-electron chi connectivity index (χ1n) is 22.2. The summed E-state index contributed by atoms with van der Waals surface area (Å²) >= 11 is 0.